The van der Waals surface area contributed by atoms with Gasteiger partial charge in [-0.15, -0.1) is 0 Å². The van der Waals surface area contributed by atoms with Gasteiger partial charge in [-0.05, 0) is 98.2 Å². The molecular weight excluding hydrogens is 772 g/mol. The van der Waals surface area contributed by atoms with Gasteiger partial charge >= 0.3 is 0 Å². The van der Waals surface area contributed by atoms with Crippen LogP contribution in [-0.2, 0) is 37.9 Å². The molecule has 9 rings (SSSR count). The highest BCUT2D eigenvalue weighted by Crippen LogP contribution is 2.71. The smallest absolute Gasteiger partial charge is 0.187 e. The second-order valence-electron chi connectivity index (χ2n) is 20.7. The highest BCUT2D eigenvalue weighted by Gasteiger charge is 2.70. The molecule has 4 aliphatic carbocycles. The Bertz CT molecular complexity index is 1480. The first-order valence-corrected chi connectivity index (χ1v) is 22.6. The number of rotatable bonds is 6. The number of hydrogen-bond donors (Lipinski definition) is 8. The second-order valence-corrected chi connectivity index (χ2v) is 20.7. The molecule has 0 bridgehead atoms. The molecule has 0 aromatic carbocycles. The van der Waals surface area contributed by atoms with Crippen molar-refractivity contribution in [3.63, 3.8) is 0 Å². The van der Waals surface area contributed by atoms with E-state index in [0.29, 0.717) is 42.4 Å². The molecule has 0 aromatic heterocycles. The molecule has 0 radical (unpaired) electrons. The standard InChI is InChI=1S/C43H70O16/c1-18-8-11-43(54-15-18)19(2)30-28(59-43)14-25-23-7-6-21-12-22(44)13-29(42(21,5)24(23)9-10-41(25,30)4)56-40-37(58-39-35(51)33(49)31(47)20(3)55-39)36(27(46)17-53-40)57-38-34(50)32(48)26(45)16-52-38/h18-40,44-51H,6-17H2,1-5H3/t18-,19-,20-,21-,22-,23+,24-,25-,26+,27+,28-,29+,30-,31-,32-,33+,34+,35+,36-,37+,38-,39-,40-,41-,42-,43+/m0/s1. The van der Waals surface area contributed by atoms with Crippen molar-refractivity contribution in [3.8, 4) is 0 Å². The highest BCUT2D eigenvalue weighted by molar-refractivity contribution is 5.16. The number of aliphatic hydroxyl groups is 8. The third-order valence-electron chi connectivity index (χ3n) is 17.5. The summed E-state index contributed by atoms with van der Waals surface area (Å²) in [6.45, 7) is 11.1. The molecule has 4 saturated carbocycles. The molecule has 26 atom stereocenters. The molecule has 9 fully saturated rings. The average Bonchev–Trinajstić information content (AvgIpc) is 3.65. The Morgan fingerprint density at radius 2 is 1.32 bits per heavy atom. The molecule has 8 N–H and O–H groups in total. The van der Waals surface area contributed by atoms with E-state index >= 15 is 0 Å². The van der Waals surface area contributed by atoms with E-state index in [4.69, 9.17) is 37.9 Å². The van der Waals surface area contributed by atoms with Crippen molar-refractivity contribution < 1.29 is 78.7 Å². The number of fused-ring (bicyclic) bond motifs is 7. The number of ether oxygens (including phenoxy) is 8. The molecule has 9 aliphatic rings. The zero-order chi connectivity index (χ0) is 41.9. The van der Waals surface area contributed by atoms with Gasteiger partial charge in [0.2, 0.25) is 0 Å². The van der Waals surface area contributed by atoms with Crippen LogP contribution in [0.5, 0.6) is 0 Å². The van der Waals surface area contributed by atoms with Gasteiger partial charge in [-0.3, -0.25) is 0 Å². The van der Waals surface area contributed by atoms with Crippen LogP contribution in [0.1, 0.15) is 92.4 Å². The van der Waals surface area contributed by atoms with Crippen LogP contribution >= 0.6 is 0 Å². The van der Waals surface area contributed by atoms with Gasteiger partial charge in [-0.1, -0.05) is 27.7 Å². The monoisotopic (exact) mass is 842 g/mol. The van der Waals surface area contributed by atoms with Crippen LogP contribution in [0.2, 0.25) is 0 Å². The van der Waals surface area contributed by atoms with Crippen LogP contribution in [0.4, 0.5) is 0 Å². The fourth-order valence-corrected chi connectivity index (χ4v) is 14.2. The largest absolute Gasteiger partial charge is 0.393 e. The van der Waals surface area contributed by atoms with Crippen LogP contribution < -0.4 is 0 Å². The van der Waals surface area contributed by atoms with E-state index in [1.807, 2.05) is 0 Å². The summed E-state index contributed by atoms with van der Waals surface area (Å²) in [6.07, 6.45) is -11.5. The predicted molar refractivity (Wildman–Crippen MR) is 204 cm³/mol. The maximum absolute atomic E-state index is 11.4. The van der Waals surface area contributed by atoms with Crippen molar-refractivity contribution in [1.29, 1.82) is 0 Å². The summed E-state index contributed by atoms with van der Waals surface area (Å²) in [7, 11) is 0. The lowest BCUT2D eigenvalue weighted by Crippen LogP contribution is -2.65. The third-order valence-corrected chi connectivity index (χ3v) is 17.5. The summed E-state index contributed by atoms with van der Waals surface area (Å²) in [4.78, 5) is 0. The zero-order valence-corrected chi connectivity index (χ0v) is 35.1. The van der Waals surface area contributed by atoms with E-state index < -0.39 is 97.9 Å². The summed E-state index contributed by atoms with van der Waals surface area (Å²) < 4.78 is 50.7. The molecule has 0 aromatic rings. The van der Waals surface area contributed by atoms with E-state index in [0.717, 1.165) is 51.6 Å². The molecule has 5 heterocycles. The third kappa shape index (κ3) is 7.10. The van der Waals surface area contributed by atoms with Crippen LogP contribution in [0.15, 0.2) is 0 Å². The summed E-state index contributed by atoms with van der Waals surface area (Å²) in [5, 5.41) is 86.3. The lowest BCUT2D eigenvalue weighted by atomic mass is 9.43. The van der Waals surface area contributed by atoms with Gasteiger partial charge in [-0.25, -0.2) is 0 Å². The van der Waals surface area contributed by atoms with Crippen LogP contribution in [0, 0.1) is 52.3 Å². The minimum atomic E-state index is -1.70. The van der Waals surface area contributed by atoms with Crippen molar-refractivity contribution in [2.45, 2.75) is 196 Å². The number of aliphatic hydroxyl groups excluding tert-OH is 8. The maximum atomic E-state index is 11.4. The van der Waals surface area contributed by atoms with E-state index in [-0.39, 0.29) is 42.0 Å². The molecular formula is C43H70O16. The lowest BCUT2D eigenvalue weighted by molar-refractivity contribution is -0.385. The Balaban J connectivity index is 0.987. The van der Waals surface area contributed by atoms with E-state index in [1.165, 1.54) is 6.92 Å². The lowest BCUT2D eigenvalue weighted by Gasteiger charge is -2.63. The Kier molecular flexibility index (Phi) is 11.9. The molecule has 59 heavy (non-hydrogen) atoms. The predicted octanol–water partition coefficient (Wildman–Crippen LogP) is 0.543. The summed E-state index contributed by atoms with van der Waals surface area (Å²) in [6, 6.07) is 0. The van der Waals surface area contributed by atoms with Crippen molar-refractivity contribution in [2.75, 3.05) is 19.8 Å². The van der Waals surface area contributed by atoms with Crippen molar-refractivity contribution in [2.24, 2.45) is 52.3 Å². The van der Waals surface area contributed by atoms with Gasteiger partial charge in [0.1, 0.15) is 54.9 Å². The summed E-state index contributed by atoms with van der Waals surface area (Å²) >= 11 is 0. The van der Waals surface area contributed by atoms with E-state index in [2.05, 4.69) is 27.7 Å². The van der Waals surface area contributed by atoms with Crippen molar-refractivity contribution >= 4 is 0 Å². The van der Waals surface area contributed by atoms with Crippen LogP contribution in [0.3, 0.4) is 0 Å². The van der Waals surface area contributed by atoms with Gasteiger partial charge in [-0.2, -0.15) is 0 Å². The first-order valence-electron chi connectivity index (χ1n) is 22.6. The molecule has 16 heteroatoms. The van der Waals surface area contributed by atoms with Gasteiger partial charge in [0.25, 0.3) is 0 Å². The normalized spacial score (nSPS) is 60.1. The van der Waals surface area contributed by atoms with E-state index in [1.54, 1.807) is 0 Å². The van der Waals surface area contributed by atoms with Crippen LogP contribution in [0.25, 0.3) is 0 Å². The van der Waals surface area contributed by atoms with Gasteiger partial charge < -0.3 is 78.7 Å². The Hall–Kier alpha value is -0.640. The Morgan fingerprint density at radius 3 is 2.07 bits per heavy atom. The molecule has 5 aliphatic heterocycles. The molecule has 16 nitrogen and oxygen atoms in total. The molecule has 1 spiro atoms. The molecule has 338 valence electrons. The average molecular weight is 843 g/mol. The summed E-state index contributed by atoms with van der Waals surface area (Å²) in [5.41, 5.74) is -0.275. The Labute approximate surface area is 346 Å². The van der Waals surface area contributed by atoms with E-state index in [9.17, 15) is 40.9 Å². The van der Waals surface area contributed by atoms with Crippen LogP contribution in [-0.4, -0.2) is 165 Å². The molecule has 0 amide bonds. The molecule has 0 unspecified atom stereocenters. The second kappa shape index (κ2) is 16.1. The van der Waals surface area contributed by atoms with Crippen molar-refractivity contribution in [1.82, 2.24) is 0 Å². The summed E-state index contributed by atoms with van der Waals surface area (Å²) in [5.74, 6) is 2.11. The fraction of sp³-hybridized carbons (Fsp3) is 1.00. The fourth-order valence-electron chi connectivity index (χ4n) is 14.2. The minimum Gasteiger partial charge on any atom is -0.393 e. The molecule has 5 saturated heterocycles. The maximum Gasteiger partial charge on any atom is 0.187 e. The zero-order valence-electron chi connectivity index (χ0n) is 35.1. The van der Waals surface area contributed by atoms with Crippen molar-refractivity contribution in [3.05, 3.63) is 0 Å². The SMILES string of the molecule is C[C@H]1CC[C@@]2(OC1)O[C@H]1C[C@H]3[C@@H]4CC[C@H]5C[C@H](O)C[C@@H](O[C@@H]6OC[C@@H](O)[C@H](O[C@@H]7OC[C@@H](O)[C@H](O)[C@H]7O)[C@H]6O[C@@H]6O[C@@H](C)[C@H](O)[C@@H](O)[C@H]6O)[C@]5(C)[C@H]4CC[C@]3(C)[C@H]1[C@@H]2C. The first kappa shape index (κ1) is 43.6. The Morgan fingerprint density at radius 1 is 0.610 bits per heavy atom. The quantitative estimate of drug-likeness (QED) is 0.182. The number of hydrogen-bond acceptors (Lipinski definition) is 16. The highest BCUT2D eigenvalue weighted by atomic mass is 16.8. The first-order chi connectivity index (χ1) is 28.0. The minimum absolute atomic E-state index is 0.104. The van der Waals surface area contributed by atoms with Gasteiger partial charge in [0, 0.05) is 18.8 Å². The topological polar surface area (TPSA) is 236 Å². The van der Waals surface area contributed by atoms with Gasteiger partial charge in [0.15, 0.2) is 24.7 Å². The van der Waals surface area contributed by atoms with Gasteiger partial charge in [0.05, 0.1) is 44.2 Å².